The second kappa shape index (κ2) is 6.98. The van der Waals surface area contributed by atoms with Crippen molar-refractivity contribution in [2.45, 2.75) is 26.1 Å². The van der Waals surface area contributed by atoms with Crippen molar-refractivity contribution in [1.29, 1.82) is 0 Å². The van der Waals surface area contributed by atoms with E-state index in [2.05, 4.69) is 0 Å². The zero-order valence-electron chi connectivity index (χ0n) is 12.4. The number of hydrogen-bond donors (Lipinski definition) is 1. The largest absolute Gasteiger partial charge is 0.481 e. The molecule has 1 aliphatic heterocycles. The molecule has 1 heterocycles. The van der Waals surface area contributed by atoms with Gasteiger partial charge < -0.3 is 19.5 Å². The Morgan fingerprint density at radius 3 is 2.86 bits per heavy atom. The summed E-state index contributed by atoms with van der Waals surface area (Å²) in [6.45, 7) is 4.07. The summed E-state index contributed by atoms with van der Waals surface area (Å²) in [7, 11) is 0. The Balaban J connectivity index is 2.01. The second-order valence-electron chi connectivity index (χ2n) is 5.15. The minimum Gasteiger partial charge on any atom is -0.481 e. The number of halogens is 1. The molecule has 1 amide bonds. The fourth-order valence-corrected chi connectivity index (χ4v) is 2.47. The lowest BCUT2D eigenvalue weighted by atomic mass is 10.2. The first-order valence-electron chi connectivity index (χ1n) is 6.94. The fourth-order valence-electron chi connectivity index (χ4n) is 2.24. The Labute approximate surface area is 133 Å². The third kappa shape index (κ3) is 3.90. The topological polar surface area (TPSA) is 76.1 Å². The van der Waals surface area contributed by atoms with E-state index >= 15 is 0 Å². The number of rotatable bonds is 4. The number of carbonyl (C=O) groups is 2. The maximum absolute atomic E-state index is 12.4. The van der Waals surface area contributed by atoms with E-state index in [1.165, 1.54) is 4.90 Å². The molecule has 1 aromatic rings. The van der Waals surface area contributed by atoms with Crippen molar-refractivity contribution in [1.82, 2.24) is 4.90 Å². The summed E-state index contributed by atoms with van der Waals surface area (Å²) in [5.41, 5.74) is 0.831. The fraction of sp³-hybridized carbons (Fsp3) is 0.467. The van der Waals surface area contributed by atoms with Crippen LogP contribution < -0.4 is 4.74 Å². The van der Waals surface area contributed by atoms with Gasteiger partial charge in [0.2, 0.25) is 0 Å². The molecule has 22 heavy (non-hydrogen) atoms. The molecule has 0 saturated carbocycles. The predicted molar refractivity (Wildman–Crippen MR) is 80.2 cm³/mol. The van der Waals surface area contributed by atoms with Gasteiger partial charge in [0, 0.05) is 11.6 Å². The van der Waals surface area contributed by atoms with Crippen LogP contribution in [0.3, 0.4) is 0 Å². The van der Waals surface area contributed by atoms with E-state index in [1.54, 1.807) is 25.1 Å². The molecule has 120 valence electrons. The molecule has 2 rings (SSSR count). The number of carbonyl (C=O) groups excluding carboxylic acids is 1. The highest BCUT2D eigenvalue weighted by Crippen LogP contribution is 2.23. The molecule has 0 unspecified atom stereocenters. The number of hydrogen-bond acceptors (Lipinski definition) is 4. The number of nitrogens with zero attached hydrogens (tertiary/aromatic N) is 1. The monoisotopic (exact) mass is 327 g/mol. The third-order valence-corrected chi connectivity index (χ3v) is 3.68. The van der Waals surface area contributed by atoms with Crippen LogP contribution in [0.1, 0.15) is 12.5 Å². The average Bonchev–Trinajstić information content (AvgIpc) is 2.49. The molecular weight excluding hydrogens is 310 g/mol. The van der Waals surface area contributed by atoms with Gasteiger partial charge in [-0.2, -0.15) is 0 Å². The van der Waals surface area contributed by atoms with Crippen LogP contribution in [0.15, 0.2) is 18.2 Å². The number of amides is 1. The van der Waals surface area contributed by atoms with E-state index in [4.69, 9.17) is 26.2 Å². The summed E-state index contributed by atoms with van der Waals surface area (Å²) in [6, 6.07) is 5.15. The molecule has 0 aliphatic carbocycles. The number of carboxylic acids is 1. The summed E-state index contributed by atoms with van der Waals surface area (Å²) in [4.78, 5) is 24.8. The number of morpholine rings is 1. The molecule has 1 aliphatic rings. The highest BCUT2D eigenvalue weighted by molar-refractivity contribution is 6.30. The molecule has 2 atom stereocenters. The Morgan fingerprint density at radius 2 is 2.23 bits per heavy atom. The highest BCUT2D eigenvalue weighted by Gasteiger charge is 2.31. The first kappa shape index (κ1) is 16.6. The van der Waals surface area contributed by atoms with Crippen LogP contribution in [0.2, 0.25) is 5.02 Å². The van der Waals surface area contributed by atoms with Crippen molar-refractivity contribution in [3.05, 3.63) is 28.8 Å². The van der Waals surface area contributed by atoms with Gasteiger partial charge in [0.15, 0.2) is 12.2 Å². The normalized spacial score (nSPS) is 19.6. The maximum Gasteiger partial charge on any atom is 0.334 e. The van der Waals surface area contributed by atoms with Gasteiger partial charge in [0.25, 0.3) is 5.91 Å². The van der Waals surface area contributed by atoms with Gasteiger partial charge in [0.05, 0.1) is 13.2 Å². The molecule has 6 nitrogen and oxygen atoms in total. The summed E-state index contributed by atoms with van der Waals surface area (Å²) in [6.07, 6.45) is -1.70. The second-order valence-corrected chi connectivity index (χ2v) is 5.59. The van der Waals surface area contributed by atoms with E-state index in [-0.39, 0.29) is 19.1 Å². The molecule has 1 N–H and O–H groups in total. The molecule has 0 bridgehead atoms. The Kier molecular flexibility index (Phi) is 5.26. The third-order valence-electron chi connectivity index (χ3n) is 3.44. The number of carboxylic acid groups (broad SMARTS) is 1. The molecular formula is C15H18ClNO5. The summed E-state index contributed by atoms with van der Waals surface area (Å²) in [5, 5.41) is 9.57. The number of ether oxygens (including phenoxy) is 2. The van der Waals surface area contributed by atoms with Crippen molar-refractivity contribution in [2.75, 3.05) is 19.7 Å². The van der Waals surface area contributed by atoms with Crippen LogP contribution in [0.25, 0.3) is 0 Å². The first-order valence-corrected chi connectivity index (χ1v) is 7.32. The molecule has 0 radical (unpaired) electrons. The van der Waals surface area contributed by atoms with Gasteiger partial charge in [-0.1, -0.05) is 11.6 Å². The van der Waals surface area contributed by atoms with Crippen molar-refractivity contribution in [2.24, 2.45) is 0 Å². The van der Waals surface area contributed by atoms with Crippen molar-refractivity contribution in [3.63, 3.8) is 0 Å². The minimum atomic E-state index is -1.07. The molecule has 1 fully saturated rings. The van der Waals surface area contributed by atoms with Crippen LogP contribution in [0.5, 0.6) is 5.75 Å². The lowest BCUT2D eigenvalue weighted by Crippen LogP contribution is -2.51. The summed E-state index contributed by atoms with van der Waals surface area (Å²) >= 11 is 5.88. The first-order chi connectivity index (χ1) is 10.4. The van der Waals surface area contributed by atoms with E-state index in [1.807, 2.05) is 6.92 Å². The van der Waals surface area contributed by atoms with Crippen LogP contribution in [-0.4, -0.2) is 53.8 Å². The SMILES string of the molecule is Cc1cc(Cl)ccc1O[C@H](C)C(=O)N1CCO[C@H](C(=O)O)C1. The predicted octanol–water partition coefficient (Wildman–Crippen LogP) is 1.73. The van der Waals surface area contributed by atoms with Crippen LogP contribution in [0.4, 0.5) is 0 Å². The lowest BCUT2D eigenvalue weighted by molar-refractivity contribution is -0.161. The Morgan fingerprint density at radius 1 is 1.50 bits per heavy atom. The van der Waals surface area contributed by atoms with E-state index in [9.17, 15) is 9.59 Å². The van der Waals surface area contributed by atoms with Gasteiger partial charge >= 0.3 is 5.97 Å². The molecule has 0 spiro atoms. The van der Waals surface area contributed by atoms with Crippen LogP contribution in [-0.2, 0) is 14.3 Å². The standard InChI is InChI=1S/C15H18ClNO5/c1-9-7-11(16)3-4-12(9)22-10(2)14(18)17-5-6-21-13(8-17)15(19)20/h3-4,7,10,13H,5-6,8H2,1-2H3,(H,19,20)/t10-,13+/m1/s1. The van der Waals surface area contributed by atoms with Crippen molar-refractivity contribution < 1.29 is 24.2 Å². The zero-order chi connectivity index (χ0) is 16.3. The maximum atomic E-state index is 12.4. The Bertz CT molecular complexity index is 577. The summed E-state index contributed by atoms with van der Waals surface area (Å²) in [5.74, 6) is -0.753. The molecule has 7 heteroatoms. The van der Waals surface area contributed by atoms with Gasteiger partial charge in [-0.05, 0) is 37.6 Å². The molecule has 1 aromatic carbocycles. The van der Waals surface area contributed by atoms with Gasteiger partial charge in [-0.25, -0.2) is 4.79 Å². The molecule has 1 saturated heterocycles. The van der Waals surface area contributed by atoms with Crippen molar-refractivity contribution >= 4 is 23.5 Å². The Hall–Kier alpha value is -1.79. The lowest BCUT2D eigenvalue weighted by Gasteiger charge is -2.32. The molecule has 0 aromatic heterocycles. The van der Waals surface area contributed by atoms with Gasteiger partial charge in [-0.15, -0.1) is 0 Å². The number of benzene rings is 1. The van der Waals surface area contributed by atoms with E-state index in [0.717, 1.165) is 5.56 Å². The van der Waals surface area contributed by atoms with Crippen LogP contribution in [0, 0.1) is 6.92 Å². The number of aliphatic carboxylic acids is 1. The number of aryl methyl sites for hydroxylation is 1. The van der Waals surface area contributed by atoms with Crippen molar-refractivity contribution in [3.8, 4) is 5.75 Å². The van der Waals surface area contributed by atoms with E-state index < -0.39 is 18.2 Å². The quantitative estimate of drug-likeness (QED) is 0.911. The average molecular weight is 328 g/mol. The van der Waals surface area contributed by atoms with Gasteiger partial charge in [0.1, 0.15) is 5.75 Å². The minimum absolute atomic E-state index is 0.0292. The smallest absolute Gasteiger partial charge is 0.334 e. The van der Waals surface area contributed by atoms with Gasteiger partial charge in [-0.3, -0.25) is 4.79 Å². The van der Waals surface area contributed by atoms with Crippen LogP contribution >= 0.6 is 11.6 Å². The van der Waals surface area contributed by atoms with E-state index in [0.29, 0.717) is 17.3 Å². The summed E-state index contributed by atoms with van der Waals surface area (Å²) < 4.78 is 10.8. The highest BCUT2D eigenvalue weighted by atomic mass is 35.5. The zero-order valence-corrected chi connectivity index (χ0v) is 13.2.